The van der Waals surface area contributed by atoms with Gasteiger partial charge >= 0.3 is 6.09 Å². The van der Waals surface area contributed by atoms with Crippen molar-refractivity contribution in [2.45, 2.75) is 298 Å². The Morgan fingerprint density at radius 2 is 0.867 bits per heavy atom. The van der Waals surface area contributed by atoms with Crippen LogP contribution in [0, 0.1) is 0 Å². The minimum Gasteiger partial charge on any atom is -0.444 e. The van der Waals surface area contributed by atoms with Crippen LogP contribution in [0.3, 0.4) is 0 Å². The van der Waals surface area contributed by atoms with Gasteiger partial charge in [-0.05, 0) is 53.9 Å². The normalized spacial score (nSPS) is 12.9. The van der Waals surface area contributed by atoms with Crippen LogP contribution < -0.4 is 5.32 Å². The topological polar surface area (TPSA) is 75.3 Å². The van der Waals surface area contributed by atoms with Gasteiger partial charge in [0.2, 0.25) is 0 Å². The molecule has 0 saturated carbocycles. The van der Waals surface area contributed by atoms with Crippen LogP contribution in [0.25, 0.3) is 0 Å². The lowest BCUT2D eigenvalue weighted by molar-refractivity contribution is -0.108. The second-order valence-electron chi connectivity index (χ2n) is 18.9. The van der Waals surface area contributed by atoms with Crippen molar-refractivity contribution < 1.29 is 28.5 Å². The highest BCUT2D eigenvalue weighted by molar-refractivity contribution is 5.67. The molecule has 0 spiro atoms. The number of unbranched alkanes of at least 4 members (excludes halogenated alkanes) is 30. The molecule has 0 aromatic carbocycles. The van der Waals surface area contributed by atoms with Gasteiger partial charge in [-0.2, -0.15) is 0 Å². The molecule has 0 aliphatic heterocycles. The van der Waals surface area contributed by atoms with Crippen molar-refractivity contribution in [2.24, 2.45) is 0 Å². The molecule has 2 unspecified atom stereocenters. The van der Waals surface area contributed by atoms with E-state index in [-0.39, 0.29) is 11.7 Å². The van der Waals surface area contributed by atoms with E-state index in [1.165, 1.54) is 193 Å². The lowest BCUT2D eigenvalue weighted by Gasteiger charge is -2.31. The molecule has 1 amide bonds. The zero-order valence-electron chi connectivity index (χ0n) is 42.5. The fraction of sp³-hybridized carbons (Fsp3) is 0.981. The van der Waals surface area contributed by atoms with Gasteiger partial charge < -0.3 is 29.0 Å². The monoisotopic (exact) mass is 856 g/mol. The van der Waals surface area contributed by atoms with E-state index in [2.05, 4.69) is 19.2 Å². The summed E-state index contributed by atoms with van der Waals surface area (Å²) in [5.74, 6) is 0. The second-order valence-corrected chi connectivity index (χ2v) is 18.9. The molecule has 0 heterocycles. The molecule has 0 aliphatic rings. The average molecular weight is 856 g/mol. The minimum atomic E-state index is -0.422. The van der Waals surface area contributed by atoms with Crippen molar-refractivity contribution in [3.05, 3.63) is 0 Å². The van der Waals surface area contributed by atoms with Crippen molar-refractivity contribution in [2.75, 3.05) is 40.1 Å². The molecule has 362 valence electrons. The second kappa shape index (κ2) is 46.1. The number of alkyl carbamates (subject to hydrolysis) is 1. The summed E-state index contributed by atoms with van der Waals surface area (Å²) in [5, 5.41) is 2.92. The van der Waals surface area contributed by atoms with E-state index in [1.807, 2.05) is 48.5 Å². The van der Waals surface area contributed by atoms with Crippen molar-refractivity contribution in [1.82, 2.24) is 5.32 Å². The van der Waals surface area contributed by atoms with Gasteiger partial charge in [-0.25, -0.2) is 4.79 Å². The Bertz CT molecular complexity index is 851. The molecule has 1 N–H and O–H groups in total. The number of rotatable bonds is 46. The summed E-state index contributed by atoms with van der Waals surface area (Å²) in [4.78, 5) is 12.8. The Balaban J connectivity index is 0. The van der Waals surface area contributed by atoms with Gasteiger partial charge in [0.15, 0.2) is 0 Å². The molecular weight excluding hydrogens is 747 g/mol. The van der Waals surface area contributed by atoms with Gasteiger partial charge in [-0.3, -0.25) is 0 Å². The maximum atomic E-state index is 12.8. The molecule has 0 bridgehead atoms. The van der Waals surface area contributed by atoms with Crippen LogP contribution in [-0.2, 0) is 23.7 Å². The molecule has 0 aromatic rings. The first-order valence-corrected chi connectivity index (χ1v) is 26.4. The predicted octanol–water partition coefficient (Wildman–Crippen LogP) is 16.7. The number of nitrogens with one attached hydrogen (secondary N) is 1. The highest BCUT2D eigenvalue weighted by atomic mass is 16.6. The summed E-state index contributed by atoms with van der Waals surface area (Å²) in [7, 11) is 1.69. The lowest BCUT2D eigenvalue weighted by atomic mass is 10.0. The third kappa shape index (κ3) is 45.1. The third-order valence-corrected chi connectivity index (χ3v) is 11.9. The summed E-state index contributed by atoms with van der Waals surface area (Å²) in [5.41, 5.74) is -0.748. The van der Waals surface area contributed by atoms with E-state index >= 15 is 0 Å². The van der Waals surface area contributed by atoms with Crippen LogP contribution >= 0.6 is 0 Å². The average Bonchev–Trinajstić information content (AvgIpc) is 3.23. The Hall–Kier alpha value is -0.890. The van der Waals surface area contributed by atoms with Crippen LogP contribution in [0.15, 0.2) is 0 Å². The van der Waals surface area contributed by atoms with Crippen molar-refractivity contribution >= 4 is 6.09 Å². The fourth-order valence-corrected chi connectivity index (χ4v) is 7.41. The first-order valence-electron chi connectivity index (χ1n) is 26.4. The fourth-order valence-electron chi connectivity index (χ4n) is 7.41. The predicted molar refractivity (Wildman–Crippen MR) is 261 cm³/mol. The first-order chi connectivity index (χ1) is 29.1. The molecule has 0 rings (SSSR count). The molecule has 7 heteroatoms. The summed E-state index contributed by atoms with van der Waals surface area (Å²) < 4.78 is 29.8. The molecule has 0 radical (unpaired) electrons. The largest absolute Gasteiger partial charge is 0.444 e. The Morgan fingerprint density at radius 1 is 0.517 bits per heavy atom. The minimum absolute atomic E-state index is 0.279. The molecular formula is C53H109NO6. The lowest BCUT2D eigenvalue weighted by Crippen LogP contribution is -2.40. The zero-order chi connectivity index (χ0) is 44.8. The van der Waals surface area contributed by atoms with Crippen LogP contribution in [0.4, 0.5) is 4.79 Å². The maximum absolute atomic E-state index is 12.8. The molecule has 7 nitrogen and oxygen atoms in total. The Kier molecular flexibility index (Phi) is 47.0. The van der Waals surface area contributed by atoms with Gasteiger partial charge in [0.1, 0.15) is 12.2 Å². The number of hydrogen-bond donors (Lipinski definition) is 1. The summed E-state index contributed by atoms with van der Waals surface area (Å²) in [6.45, 7) is 21.4. The number of methoxy groups -OCH3 is 1. The highest BCUT2D eigenvalue weighted by Crippen LogP contribution is 2.19. The highest BCUT2D eigenvalue weighted by Gasteiger charge is 2.26. The summed E-state index contributed by atoms with van der Waals surface area (Å²) >= 11 is 0. The van der Waals surface area contributed by atoms with Crippen LogP contribution in [0.2, 0.25) is 0 Å². The molecule has 0 saturated heterocycles. The van der Waals surface area contributed by atoms with E-state index in [0.717, 1.165) is 19.4 Å². The summed E-state index contributed by atoms with van der Waals surface area (Å²) in [6, 6.07) is 0. The molecule has 0 aliphatic carbocycles. The number of hydrogen-bond acceptors (Lipinski definition) is 6. The number of carbonyl (C=O) groups excluding carboxylic acids is 1. The van der Waals surface area contributed by atoms with Gasteiger partial charge in [-0.15, -0.1) is 0 Å². The van der Waals surface area contributed by atoms with E-state index in [9.17, 15) is 4.79 Å². The SMILES string of the molecule is CC.CCCCCCCCCCCCCCCCCCOCC(OCCCCCCCCCCCCCCCCCC)C(C)OC(=O)NCCC(C)(C)OCC(C)(C)OC. The van der Waals surface area contributed by atoms with Crippen molar-refractivity contribution in [3.63, 3.8) is 0 Å². The Labute approximate surface area is 376 Å². The summed E-state index contributed by atoms with van der Waals surface area (Å²) in [6.07, 6.45) is 43.0. The van der Waals surface area contributed by atoms with Crippen LogP contribution in [-0.4, -0.2) is 69.6 Å². The standard InChI is InChI=1S/C51H103NO6.C2H6/c1-9-11-13-15-17-19-21-23-25-27-29-31-33-35-37-39-43-55-45-48(47(3)58-49(53)52-42-41-50(4,5)57-46-51(6,7)54-8)56-44-40-38-36-34-32-30-28-26-24-22-20-18-16-14-12-10-2;1-2/h47-48H,9-46H2,1-8H3,(H,52,53);1-2H3. The van der Waals surface area contributed by atoms with Gasteiger partial charge in [-0.1, -0.05) is 220 Å². The zero-order valence-corrected chi connectivity index (χ0v) is 42.5. The smallest absolute Gasteiger partial charge is 0.407 e. The van der Waals surface area contributed by atoms with Gasteiger partial charge in [0, 0.05) is 26.9 Å². The quantitative estimate of drug-likeness (QED) is 0.0615. The third-order valence-electron chi connectivity index (χ3n) is 11.9. The van der Waals surface area contributed by atoms with Crippen molar-refractivity contribution in [3.8, 4) is 0 Å². The van der Waals surface area contributed by atoms with Gasteiger partial charge in [0.25, 0.3) is 0 Å². The van der Waals surface area contributed by atoms with Gasteiger partial charge in [0.05, 0.1) is 24.4 Å². The molecule has 2 atom stereocenters. The van der Waals surface area contributed by atoms with E-state index < -0.39 is 17.8 Å². The molecule has 0 fully saturated rings. The van der Waals surface area contributed by atoms with Crippen LogP contribution in [0.5, 0.6) is 0 Å². The first kappa shape index (κ1) is 61.2. The van der Waals surface area contributed by atoms with E-state index in [0.29, 0.717) is 32.8 Å². The Morgan fingerprint density at radius 3 is 1.23 bits per heavy atom. The molecule has 0 aromatic heterocycles. The maximum Gasteiger partial charge on any atom is 0.407 e. The molecule has 60 heavy (non-hydrogen) atoms. The van der Waals surface area contributed by atoms with E-state index in [1.54, 1.807) is 7.11 Å². The van der Waals surface area contributed by atoms with E-state index in [4.69, 9.17) is 23.7 Å². The number of ether oxygens (including phenoxy) is 5. The van der Waals surface area contributed by atoms with Crippen molar-refractivity contribution in [1.29, 1.82) is 0 Å². The number of amides is 1. The number of carbonyl (C=O) groups is 1. The van der Waals surface area contributed by atoms with Crippen LogP contribution in [0.1, 0.15) is 274 Å².